The Hall–Kier alpha value is -1.90. The lowest BCUT2D eigenvalue weighted by molar-refractivity contribution is -0.212. The van der Waals surface area contributed by atoms with Crippen molar-refractivity contribution in [3.8, 4) is 0 Å². The molecule has 0 amide bonds. The molecule has 0 bridgehead atoms. The average Bonchev–Trinajstić information content (AvgIpc) is 3.41. The van der Waals surface area contributed by atoms with E-state index in [-0.39, 0.29) is 54.0 Å². The number of aliphatic hydroxyl groups is 1. The Morgan fingerprint density at radius 3 is 2.60 bits per heavy atom. The fourth-order valence-electron chi connectivity index (χ4n) is 9.63. The Morgan fingerprint density at radius 2 is 1.90 bits per heavy atom. The van der Waals surface area contributed by atoms with Gasteiger partial charge in [-0.1, -0.05) is 53.0 Å². The monoisotopic (exact) mass is 558 g/mol. The van der Waals surface area contributed by atoms with E-state index in [4.69, 9.17) is 14.2 Å². The number of hydrogen-bond donors (Lipinski definition) is 1. The topological polar surface area (TPSA) is 99.1 Å². The van der Waals surface area contributed by atoms with Crippen LogP contribution in [-0.4, -0.2) is 59.5 Å². The summed E-state index contributed by atoms with van der Waals surface area (Å²) in [7, 11) is 0. The summed E-state index contributed by atoms with van der Waals surface area (Å²) in [5.41, 5.74) is -2.57. The van der Waals surface area contributed by atoms with Crippen LogP contribution in [0.1, 0.15) is 79.1 Å². The molecule has 220 valence electrons. The Labute approximate surface area is 235 Å². The molecule has 40 heavy (non-hydrogen) atoms. The number of rotatable bonds is 5. The normalized spacial score (nSPS) is 46.3. The number of carbonyl (C=O) groups excluding carboxylic acids is 3. The molecule has 0 radical (unpaired) electrons. The fraction of sp³-hybridized carbons (Fsp3) is 0.781. The molecular weight excluding hydrogens is 515 g/mol. The maximum absolute atomic E-state index is 15.8. The molecule has 4 saturated carbocycles. The first kappa shape index (κ1) is 28.2. The van der Waals surface area contributed by atoms with Crippen LogP contribution in [0.3, 0.4) is 0 Å². The maximum Gasteiger partial charge on any atom is 0.308 e. The largest absolute Gasteiger partial charge is 0.457 e. The molecule has 6 aliphatic rings. The zero-order valence-electron chi connectivity index (χ0n) is 24.1. The predicted molar refractivity (Wildman–Crippen MR) is 144 cm³/mol. The number of aliphatic hydroxyl groups excluding tert-OH is 1. The van der Waals surface area contributed by atoms with E-state index in [0.717, 1.165) is 25.7 Å². The third-order valence-corrected chi connectivity index (χ3v) is 11.5. The van der Waals surface area contributed by atoms with Gasteiger partial charge in [0.2, 0.25) is 5.78 Å². The van der Waals surface area contributed by atoms with E-state index in [1.54, 1.807) is 19.9 Å². The second kappa shape index (κ2) is 9.84. The third kappa shape index (κ3) is 3.95. The summed E-state index contributed by atoms with van der Waals surface area (Å²) in [6, 6.07) is 0. The molecule has 6 rings (SSSR count). The quantitative estimate of drug-likeness (QED) is 0.491. The molecule has 5 aliphatic carbocycles. The summed E-state index contributed by atoms with van der Waals surface area (Å²) in [4.78, 5) is 38.7. The first-order chi connectivity index (χ1) is 18.9. The van der Waals surface area contributed by atoms with Crippen molar-refractivity contribution in [3.63, 3.8) is 0 Å². The van der Waals surface area contributed by atoms with Crippen LogP contribution in [0.5, 0.6) is 0 Å². The highest BCUT2D eigenvalue weighted by atomic mass is 19.1. The van der Waals surface area contributed by atoms with Crippen molar-refractivity contribution in [2.45, 2.75) is 109 Å². The number of hydrogen-bond acceptors (Lipinski definition) is 7. The van der Waals surface area contributed by atoms with Crippen LogP contribution in [0.4, 0.5) is 4.39 Å². The van der Waals surface area contributed by atoms with E-state index < -0.39 is 53.7 Å². The molecule has 1 N–H and O–H groups in total. The van der Waals surface area contributed by atoms with Crippen molar-refractivity contribution < 1.29 is 38.1 Å². The van der Waals surface area contributed by atoms with Gasteiger partial charge < -0.3 is 19.3 Å². The van der Waals surface area contributed by atoms with Crippen molar-refractivity contribution in [2.75, 3.05) is 6.61 Å². The van der Waals surface area contributed by atoms with E-state index in [2.05, 4.69) is 0 Å². The second-order valence-corrected chi connectivity index (χ2v) is 14.0. The molecule has 5 fully saturated rings. The molecule has 7 nitrogen and oxygen atoms in total. The van der Waals surface area contributed by atoms with Gasteiger partial charge in [-0.3, -0.25) is 14.4 Å². The van der Waals surface area contributed by atoms with Gasteiger partial charge in [-0.25, -0.2) is 4.39 Å². The van der Waals surface area contributed by atoms with E-state index in [1.165, 1.54) is 18.6 Å². The second-order valence-electron chi connectivity index (χ2n) is 14.0. The predicted octanol–water partition coefficient (Wildman–Crippen LogP) is 4.65. The highest BCUT2D eigenvalue weighted by molar-refractivity contribution is 6.01. The van der Waals surface area contributed by atoms with Gasteiger partial charge in [0.25, 0.3) is 0 Å². The van der Waals surface area contributed by atoms with Crippen molar-refractivity contribution >= 4 is 17.5 Å². The Bertz CT molecular complexity index is 1140. The number of esters is 1. The minimum Gasteiger partial charge on any atom is -0.457 e. The van der Waals surface area contributed by atoms with Crippen LogP contribution in [0.2, 0.25) is 0 Å². The van der Waals surface area contributed by atoms with E-state index >= 15 is 4.39 Å². The fourth-order valence-corrected chi connectivity index (χ4v) is 9.63. The van der Waals surface area contributed by atoms with Gasteiger partial charge >= 0.3 is 5.97 Å². The molecule has 1 saturated heterocycles. The van der Waals surface area contributed by atoms with Crippen LogP contribution in [0.15, 0.2) is 23.8 Å². The van der Waals surface area contributed by atoms with Crippen LogP contribution in [0, 0.1) is 40.4 Å². The number of ether oxygens (including phenoxy) is 3. The molecule has 0 unspecified atom stereocenters. The minimum absolute atomic E-state index is 0.148. The smallest absolute Gasteiger partial charge is 0.308 e. The molecule has 0 aromatic heterocycles. The number of alkyl halides is 1. The van der Waals surface area contributed by atoms with Crippen LogP contribution < -0.4 is 0 Å². The standard InChI is InChI=1S/C32H43FO7/c1-17(2)28(37)38-16-25(36)32-26(39-29(40-32)18-8-6-5-7-9-18)14-21-20-13-23(33)22-12-19(34)10-11-30(22,3)27(20)24(35)15-31(21,32)4/h10-12,17-18,20-21,23-24,26-27,29,35H,5-9,13-16H2,1-4H3/t20-,21-,23-,24-,26+,27+,29+,30-,31-,32+/m0/s1. The Balaban J connectivity index is 1.37. The van der Waals surface area contributed by atoms with Crippen LogP contribution >= 0.6 is 0 Å². The van der Waals surface area contributed by atoms with E-state index in [9.17, 15) is 19.5 Å². The number of ketones is 2. The third-order valence-electron chi connectivity index (χ3n) is 11.5. The molecule has 0 aromatic carbocycles. The summed E-state index contributed by atoms with van der Waals surface area (Å²) in [6.45, 7) is 6.94. The highest BCUT2D eigenvalue weighted by Crippen LogP contribution is 2.70. The van der Waals surface area contributed by atoms with Gasteiger partial charge in [-0.15, -0.1) is 0 Å². The summed E-state index contributed by atoms with van der Waals surface area (Å²) in [5.74, 6) is -1.88. The minimum atomic E-state index is -1.38. The van der Waals surface area contributed by atoms with E-state index in [0.29, 0.717) is 12.0 Å². The maximum atomic E-state index is 15.8. The Morgan fingerprint density at radius 1 is 1.18 bits per heavy atom. The molecular formula is C32H43FO7. The lowest BCUT2D eigenvalue weighted by atomic mass is 9.46. The zero-order valence-corrected chi connectivity index (χ0v) is 24.1. The van der Waals surface area contributed by atoms with Crippen molar-refractivity contribution in [3.05, 3.63) is 23.8 Å². The molecule has 0 spiro atoms. The summed E-state index contributed by atoms with van der Waals surface area (Å²) in [6.07, 6.45) is 7.70. The molecule has 8 heteroatoms. The van der Waals surface area contributed by atoms with Gasteiger partial charge in [-0.2, -0.15) is 0 Å². The zero-order chi connectivity index (χ0) is 28.6. The lowest BCUT2D eigenvalue weighted by Gasteiger charge is -2.60. The number of fused-ring (bicyclic) bond motifs is 7. The first-order valence-electron chi connectivity index (χ1n) is 15.2. The summed E-state index contributed by atoms with van der Waals surface area (Å²) < 4.78 is 34.7. The van der Waals surface area contributed by atoms with Crippen LogP contribution in [0.25, 0.3) is 0 Å². The van der Waals surface area contributed by atoms with Gasteiger partial charge in [0, 0.05) is 22.7 Å². The molecule has 1 heterocycles. The highest BCUT2D eigenvalue weighted by Gasteiger charge is 2.76. The molecule has 10 atom stereocenters. The van der Waals surface area contributed by atoms with Crippen molar-refractivity contribution in [2.24, 2.45) is 40.4 Å². The van der Waals surface area contributed by atoms with Gasteiger partial charge in [0.15, 0.2) is 24.3 Å². The first-order valence-corrected chi connectivity index (χ1v) is 15.2. The number of carbonyl (C=O) groups is 3. The number of Topliss-reactive ketones (excluding diaryl/α,β-unsaturated/α-hetero) is 1. The van der Waals surface area contributed by atoms with Crippen LogP contribution in [-0.2, 0) is 28.6 Å². The van der Waals surface area contributed by atoms with Gasteiger partial charge in [0.05, 0.1) is 18.1 Å². The van der Waals surface area contributed by atoms with Gasteiger partial charge in [0.1, 0.15) is 6.17 Å². The van der Waals surface area contributed by atoms with E-state index in [1.807, 2.05) is 13.8 Å². The summed E-state index contributed by atoms with van der Waals surface area (Å²) >= 11 is 0. The molecule has 0 aromatic rings. The Kier molecular flexibility index (Phi) is 6.94. The SMILES string of the molecule is CC(C)C(=O)OCC(=O)[C@@]12O[C@H](C3CCCCC3)O[C@@H]1C[C@H]1[C@@H]3C[C@H](F)C4=CC(=O)C=C[C@]4(C)[C@H]3[C@@H](O)C[C@@]12C. The lowest BCUT2D eigenvalue weighted by Crippen LogP contribution is -2.64. The van der Waals surface area contributed by atoms with Crippen molar-refractivity contribution in [1.82, 2.24) is 0 Å². The average molecular weight is 559 g/mol. The summed E-state index contributed by atoms with van der Waals surface area (Å²) in [5, 5.41) is 11.8. The van der Waals surface area contributed by atoms with Gasteiger partial charge in [-0.05, 0) is 61.7 Å². The number of halogens is 1. The molecule has 1 aliphatic heterocycles. The number of allylic oxidation sites excluding steroid dienone is 4. The van der Waals surface area contributed by atoms with Crippen molar-refractivity contribution in [1.29, 1.82) is 0 Å².